The fourth-order valence-electron chi connectivity index (χ4n) is 10.8. The first-order valence-corrected chi connectivity index (χ1v) is 36.4. The number of halogens is 4. The zero-order chi connectivity index (χ0) is 50.0. The van der Waals surface area contributed by atoms with Crippen molar-refractivity contribution in [2.75, 3.05) is 45.8 Å². The van der Waals surface area contributed by atoms with Gasteiger partial charge in [-0.1, -0.05) is 0 Å². The molecule has 0 saturated carbocycles. The van der Waals surface area contributed by atoms with E-state index in [2.05, 4.69) is 124 Å². The molecule has 6 aromatic carbocycles. The molecule has 11 heteroatoms. The van der Waals surface area contributed by atoms with Crippen molar-refractivity contribution in [1.29, 1.82) is 0 Å². The van der Waals surface area contributed by atoms with Crippen LogP contribution in [0, 0.1) is 55.4 Å². The number of hydrogen-bond acceptors (Lipinski definition) is 6. The molecule has 0 atom stereocenters. The van der Waals surface area contributed by atoms with Crippen LogP contribution in [-0.4, -0.2) is 56.3 Å². The van der Waals surface area contributed by atoms with E-state index in [1.807, 2.05) is 110 Å². The van der Waals surface area contributed by atoms with E-state index in [0.717, 1.165) is 67.3 Å². The van der Waals surface area contributed by atoms with Crippen LogP contribution in [0.4, 0.5) is 22.7 Å². The maximum atomic E-state index is 10.0. The van der Waals surface area contributed by atoms with E-state index >= 15 is 0 Å². The third-order valence-corrected chi connectivity index (χ3v) is 33.3. The van der Waals surface area contributed by atoms with Crippen molar-refractivity contribution in [2.45, 2.75) is 95.3 Å². The molecule has 0 N–H and O–H groups in total. The maximum absolute atomic E-state index is 10.0. The molecule has 0 bridgehead atoms. The van der Waals surface area contributed by atoms with Crippen molar-refractivity contribution < 1.29 is 13.8 Å². The zero-order valence-electron chi connectivity index (χ0n) is 42.2. The van der Waals surface area contributed by atoms with Crippen molar-refractivity contribution in [2.24, 2.45) is 0 Å². The average Bonchev–Trinajstić information content (AvgIpc) is 3.90. The molecule has 8 rings (SSSR count). The van der Waals surface area contributed by atoms with Crippen LogP contribution in [0.15, 0.2) is 121 Å². The van der Waals surface area contributed by atoms with Gasteiger partial charge in [0, 0.05) is 0 Å². The van der Waals surface area contributed by atoms with Gasteiger partial charge in [-0.3, -0.25) is 0 Å². The van der Waals surface area contributed by atoms with Gasteiger partial charge in [0.15, 0.2) is 0 Å². The summed E-state index contributed by atoms with van der Waals surface area (Å²) in [6, 6.07) is 40.9. The molecule has 69 heavy (non-hydrogen) atoms. The number of ether oxygens (including phenoxy) is 2. The molecule has 2 aliphatic heterocycles. The van der Waals surface area contributed by atoms with Gasteiger partial charge < -0.3 is 0 Å². The van der Waals surface area contributed by atoms with Gasteiger partial charge in [-0.15, -0.1) is 0 Å². The number of aryl methyl sites for hydroxylation is 8. The van der Waals surface area contributed by atoms with Gasteiger partial charge in [-0.2, -0.15) is 0 Å². The molecule has 2 fully saturated rings. The quantitative estimate of drug-likeness (QED) is 0.127. The van der Waals surface area contributed by atoms with Gasteiger partial charge in [0.05, 0.1) is 0 Å². The molecule has 2 aliphatic rings. The van der Waals surface area contributed by atoms with Gasteiger partial charge in [0.1, 0.15) is 0 Å². The first-order chi connectivity index (χ1) is 32.2. The second kappa shape index (κ2) is 16.2. The van der Waals surface area contributed by atoms with Crippen LogP contribution in [0.5, 0.6) is 11.5 Å². The van der Waals surface area contributed by atoms with Gasteiger partial charge in [-0.05, 0) is 0 Å². The van der Waals surface area contributed by atoms with E-state index in [0.29, 0.717) is 57.5 Å². The number of para-hydroxylation sites is 4. The Morgan fingerprint density at radius 2 is 0.725 bits per heavy atom. The summed E-state index contributed by atoms with van der Waals surface area (Å²) in [5.41, 5.74) is 12.9. The van der Waals surface area contributed by atoms with Crippen molar-refractivity contribution in [3.05, 3.63) is 177 Å². The average molecular weight is 1100 g/mol. The van der Waals surface area contributed by atoms with Crippen LogP contribution >= 0.6 is 38.8 Å². The van der Waals surface area contributed by atoms with Gasteiger partial charge in [0.2, 0.25) is 0 Å². The summed E-state index contributed by atoms with van der Waals surface area (Å²) < 4.78 is 8.45. The Kier molecular flexibility index (Phi) is 11.9. The summed E-state index contributed by atoms with van der Waals surface area (Å²) in [5, 5.41) is 0. The predicted molar refractivity (Wildman–Crippen MR) is 301 cm³/mol. The molecule has 2 heterocycles. The Morgan fingerprint density at radius 3 is 1.07 bits per heavy atom. The van der Waals surface area contributed by atoms with Crippen LogP contribution in [0.25, 0.3) is 0 Å². The summed E-state index contributed by atoms with van der Waals surface area (Å²) in [5.74, 6) is 1.03. The number of anilines is 4. The number of nitrogens with zero attached hydrogens (tertiary/aromatic N) is 4. The minimum atomic E-state index is -9.34. The molecule has 0 aromatic heterocycles. The summed E-state index contributed by atoms with van der Waals surface area (Å²) in [6.45, 7) is 26.7. The van der Waals surface area contributed by atoms with Crippen LogP contribution in [0.2, 0.25) is 0 Å². The number of rotatable bonds is 10. The molecule has 0 unspecified atom stereocenters. The van der Waals surface area contributed by atoms with Crippen LogP contribution in [-0.2, 0) is 4.30 Å². The second-order valence-electron chi connectivity index (χ2n) is 19.9. The predicted octanol–water partition coefficient (Wildman–Crippen LogP) is 14.9. The van der Waals surface area contributed by atoms with Gasteiger partial charge in [-0.25, -0.2) is 0 Å². The Labute approximate surface area is 419 Å². The third-order valence-electron chi connectivity index (χ3n) is 13.0. The summed E-state index contributed by atoms with van der Waals surface area (Å²) >= 11 is 0. The Hall–Kier alpha value is -4.62. The first-order valence-electron chi connectivity index (χ1n) is 23.7. The molecule has 0 spiro atoms. The number of hydrogen-bond donors (Lipinski definition) is 0. The SMILES string of the molecule is Cc1cc(C)c(N2CCN(c3c(C)cc(C)cc3C)[C]2=[Ru]([Cl])([Cl])([Cl])([Cl])(=[CH]c2ccccc2OC(C)C)(=[CH]c2ccccc2OC(C)C)=[C]2N(c3ccccc3C)CCN2c2ccccc2C)c(C)c1. The molecule has 0 amide bonds. The number of benzene rings is 6. The van der Waals surface area contributed by atoms with Crippen molar-refractivity contribution in [3.8, 4) is 11.5 Å². The second-order valence-corrected chi connectivity index (χ2v) is 60.6. The topological polar surface area (TPSA) is 31.4 Å². The van der Waals surface area contributed by atoms with E-state index in [-0.39, 0.29) is 12.2 Å². The fraction of sp³-hybridized carbons (Fsp3) is 0.310. The molecule has 6 aromatic rings. The van der Waals surface area contributed by atoms with Crippen molar-refractivity contribution in [1.82, 2.24) is 0 Å². The van der Waals surface area contributed by atoms with Crippen LogP contribution < -0.4 is 29.1 Å². The molecular weight excluding hydrogens is 1030 g/mol. The fourth-order valence-corrected chi connectivity index (χ4v) is 34.7. The first kappa shape index (κ1) is 50.8. The van der Waals surface area contributed by atoms with E-state index in [1.54, 1.807) is 0 Å². The van der Waals surface area contributed by atoms with E-state index in [4.69, 9.17) is 9.47 Å². The van der Waals surface area contributed by atoms with Crippen LogP contribution in [0.3, 0.4) is 0 Å². The van der Waals surface area contributed by atoms with E-state index in [9.17, 15) is 38.8 Å². The minimum absolute atomic E-state index is 0.230. The summed E-state index contributed by atoms with van der Waals surface area (Å²) in [7, 11) is 40.0. The van der Waals surface area contributed by atoms with Crippen molar-refractivity contribution >= 4 is 79.4 Å². The van der Waals surface area contributed by atoms with Gasteiger partial charge in [0.25, 0.3) is 0 Å². The van der Waals surface area contributed by atoms with E-state index < -0.39 is 4.30 Å². The van der Waals surface area contributed by atoms with Crippen LogP contribution in [0.1, 0.15) is 83.3 Å². The normalized spacial score (nSPS) is 16.7. The molecule has 0 aliphatic carbocycles. The Balaban J connectivity index is 1.95. The van der Waals surface area contributed by atoms with Crippen molar-refractivity contribution in [3.63, 3.8) is 0 Å². The van der Waals surface area contributed by atoms with E-state index in [1.165, 1.54) is 0 Å². The van der Waals surface area contributed by atoms with Gasteiger partial charge >= 0.3 is 423 Å². The summed E-state index contributed by atoms with van der Waals surface area (Å²) in [4.78, 5) is 8.85. The Bertz CT molecular complexity index is 3440. The molecule has 6 nitrogen and oxygen atoms in total. The molecule has 2 saturated heterocycles. The standard InChI is InChI=1S/C21H26N2.C17H18N2.2C10H12O.4ClH.Ru/c1-14-9-16(3)20(17(4)10-14)22-7-8-23(13-22)21-18(5)11-15(2)12-19(21)6;1-14-7-3-5-9-16(14)18-11-12-19(13-18)17-10-6-4-8-15(17)2;2*1-8(2)11-10-7-5-4-6-9(10)3;;;;;/h9-12H,7-8H2,1-6H3;3-10H,11-12H2,1-2H3;2*3-8H,1-2H3;4*1H;/q;;;;;;;;+4/p-4. The Morgan fingerprint density at radius 1 is 0.420 bits per heavy atom. The molecule has 0 radical (unpaired) electrons. The zero-order valence-corrected chi connectivity index (χ0v) is 46.9. The molecular formula is C58H68Cl4N4O2Ru. The summed E-state index contributed by atoms with van der Waals surface area (Å²) in [6.07, 6.45) is -0.461. The molecule has 368 valence electrons. The third kappa shape index (κ3) is 8.52. The monoisotopic (exact) mass is 1090 g/mol.